The smallest absolute Gasteiger partial charge is 0.232 e. The van der Waals surface area contributed by atoms with E-state index in [1.54, 1.807) is 13.1 Å². The van der Waals surface area contributed by atoms with E-state index in [0.29, 0.717) is 12.3 Å². The Bertz CT molecular complexity index is 150. The molecule has 0 aromatic heterocycles. The van der Waals surface area contributed by atoms with Gasteiger partial charge in [-0.3, -0.25) is 4.79 Å². The van der Waals surface area contributed by atoms with Crippen LogP contribution in [0.5, 0.6) is 0 Å². The summed E-state index contributed by atoms with van der Waals surface area (Å²) in [5.74, 6) is 1.30. The van der Waals surface area contributed by atoms with Crippen LogP contribution >= 0.6 is 11.8 Å². The van der Waals surface area contributed by atoms with Crippen molar-refractivity contribution in [2.24, 2.45) is 0 Å². The summed E-state index contributed by atoms with van der Waals surface area (Å²) in [6, 6.07) is 0. The third kappa shape index (κ3) is 5.21. The van der Waals surface area contributed by atoms with Crippen LogP contribution in [0.25, 0.3) is 0 Å². The molecule has 0 aliphatic rings. The van der Waals surface area contributed by atoms with E-state index in [9.17, 15) is 4.79 Å². The normalized spacial score (nSPS) is 9.50. The molecule has 0 saturated carbocycles. The predicted octanol–water partition coefficient (Wildman–Crippen LogP) is 0.356. The molecule has 1 amide bonds. The van der Waals surface area contributed by atoms with Gasteiger partial charge in [-0.15, -0.1) is 18.3 Å². The first-order valence-corrected chi connectivity index (χ1v) is 4.91. The molecule has 12 heavy (non-hydrogen) atoms. The number of likely N-dealkylation sites (N-methyl/N-ethyl adjacent to an activating group) is 1. The van der Waals surface area contributed by atoms with Crippen molar-refractivity contribution in [1.82, 2.24) is 4.90 Å². The highest BCUT2D eigenvalue weighted by atomic mass is 32.2. The summed E-state index contributed by atoms with van der Waals surface area (Å²) in [7, 11) is 1.69. The van der Waals surface area contributed by atoms with Gasteiger partial charge in [-0.05, 0) is 0 Å². The largest absolute Gasteiger partial charge is 0.395 e. The summed E-state index contributed by atoms with van der Waals surface area (Å²) >= 11 is 1.52. The highest BCUT2D eigenvalue weighted by Crippen LogP contribution is 2.00. The minimum atomic E-state index is 0.0222. The number of aliphatic hydroxyl groups excluding tert-OH is 1. The fourth-order valence-corrected chi connectivity index (χ4v) is 1.29. The number of carbonyl (C=O) groups is 1. The van der Waals surface area contributed by atoms with Crippen molar-refractivity contribution in [3.8, 4) is 0 Å². The number of hydrogen-bond donors (Lipinski definition) is 1. The van der Waals surface area contributed by atoms with E-state index in [4.69, 9.17) is 5.11 Å². The lowest BCUT2D eigenvalue weighted by atomic mass is 10.5. The lowest BCUT2D eigenvalue weighted by molar-refractivity contribution is -0.127. The van der Waals surface area contributed by atoms with Gasteiger partial charge in [-0.2, -0.15) is 0 Å². The van der Waals surface area contributed by atoms with E-state index in [-0.39, 0.29) is 12.5 Å². The van der Waals surface area contributed by atoms with Gasteiger partial charge in [-0.25, -0.2) is 0 Å². The minimum Gasteiger partial charge on any atom is -0.395 e. The summed E-state index contributed by atoms with van der Waals surface area (Å²) in [5.41, 5.74) is 0. The Kier molecular flexibility index (Phi) is 6.90. The van der Waals surface area contributed by atoms with Crippen LogP contribution in [0.2, 0.25) is 0 Å². The van der Waals surface area contributed by atoms with Gasteiger partial charge in [-0.1, -0.05) is 6.08 Å². The van der Waals surface area contributed by atoms with Gasteiger partial charge >= 0.3 is 0 Å². The minimum absolute atomic E-state index is 0.0222. The first-order valence-electron chi connectivity index (χ1n) is 3.75. The van der Waals surface area contributed by atoms with Crippen LogP contribution in [0.1, 0.15) is 0 Å². The summed E-state index contributed by atoms with van der Waals surface area (Å²) in [5, 5.41) is 8.54. The third-order valence-electron chi connectivity index (χ3n) is 1.32. The van der Waals surface area contributed by atoms with Crippen molar-refractivity contribution >= 4 is 17.7 Å². The molecule has 1 N–H and O–H groups in total. The fraction of sp³-hybridized carbons (Fsp3) is 0.625. The number of carbonyl (C=O) groups excluding carboxylic acids is 1. The SMILES string of the molecule is C=CCSCC(=O)N(C)CCO. The summed E-state index contributed by atoms with van der Waals surface area (Å²) in [6.45, 7) is 3.99. The van der Waals surface area contributed by atoms with Crippen LogP contribution in [0.15, 0.2) is 12.7 Å². The molecule has 0 fully saturated rings. The maximum absolute atomic E-state index is 11.2. The lowest BCUT2D eigenvalue weighted by Crippen LogP contribution is -2.30. The molecule has 0 radical (unpaired) electrons. The predicted molar refractivity (Wildman–Crippen MR) is 52.2 cm³/mol. The van der Waals surface area contributed by atoms with Gasteiger partial charge in [0.2, 0.25) is 5.91 Å². The molecular weight excluding hydrogens is 174 g/mol. The van der Waals surface area contributed by atoms with Crippen molar-refractivity contribution < 1.29 is 9.90 Å². The van der Waals surface area contributed by atoms with E-state index in [0.717, 1.165) is 5.75 Å². The molecule has 0 atom stereocenters. The van der Waals surface area contributed by atoms with Gasteiger partial charge in [0.1, 0.15) is 0 Å². The molecular formula is C8H15NO2S. The number of thioether (sulfide) groups is 1. The van der Waals surface area contributed by atoms with Crippen molar-refractivity contribution in [2.45, 2.75) is 0 Å². The Morgan fingerprint density at radius 1 is 1.75 bits per heavy atom. The van der Waals surface area contributed by atoms with Crippen molar-refractivity contribution in [3.63, 3.8) is 0 Å². The first kappa shape index (κ1) is 11.5. The van der Waals surface area contributed by atoms with Gasteiger partial charge in [0.15, 0.2) is 0 Å². The second-order valence-corrected chi connectivity index (χ2v) is 3.37. The van der Waals surface area contributed by atoms with Crippen molar-refractivity contribution in [1.29, 1.82) is 0 Å². The Labute approximate surface area is 77.4 Å². The number of rotatable bonds is 6. The standard InChI is InChI=1S/C8H15NO2S/c1-3-6-12-7-8(11)9(2)4-5-10/h3,10H,1,4-7H2,2H3. The zero-order valence-electron chi connectivity index (χ0n) is 7.32. The van der Waals surface area contributed by atoms with E-state index < -0.39 is 0 Å². The highest BCUT2D eigenvalue weighted by Gasteiger charge is 2.06. The van der Waals surface area contributed by atoms with E-state index in [1.165, 1.54) is 16.7 Å². The number of aliphatic hydroxyl groups is 1. The first-order chi connectivity index (χ1) is 5.72. The molecule has 0 aromatic carbocycles. The van der Waals surface area contributed by atoms with Gasteiger partial charge < -0.3 is 10.0 Å². The molecule has 0 rings (SSSR count). The second-order valence-electron chi connectivity index (χ2n) is 2.34. The quantitative estimate of drug-likeness (QED) is 0.484. The van der Waals surface area contributed by atoms with Gasteiger partial charge in [0, 0.05) is 19.3 Å². The number of nitrogens with zero attached hydrogens (tertiary/aromatic N) is 1. The number of amides is 1. The van der Waals surface area contributed by atoms with Crippen LogP contribution < -0.4 is 0 Å². The Hall–Kier alpha value is -0.480. The number of hydrogen-bond acceptors (Lipinski definition) is 3. The Morgan fingerprint density at radius 2 is 2.42 bits per heavy atom. The average Bonchev–Trinajstić information content (AvgIpc) is 2.05. The molecule has 0 aliphatic carbocycles. The Balaban J connectivity index is 3.49. The fourth-order valence-electron chi connectivity index (χ4n) is 0.614. The molecule has 0 heterocycles. The van der Waals surface area contributed by atoms with Crippen LogP contribution in [-0.4, -0.2) is 47.6 Å². The van der Waals surface area contributed by atoms with Crippen molar-refractivity contribution in [3.05, 3.63) is 12.7 Å². The molecule has 3 nitrogen and oxygen atoms in total. The monoisotopic (exact) mass is 189 g/mol. The van der Waals surface area contributed by atoms with E-state index in [1.807, 2.05) is 0 Å². The molecule has 4 heteroatoms. The lowest BCUT2D eigenvalue weighted by Gasteiger charge is -2.14. The van der Waals surface area contributed by atoms with Crippen molar-refractivity contribution in [2.75, 3.05) is 31.7 Å². The molecule has 0 unspecified atom stereocenters. The molecule has 0 bridgehead atoms. The van der Waals surface area contributed by atoms with Crippen LogP contribution in [-0.2, 0) is 4.79 Å². The maximum atomic E-state index is 11.2. The van der Waals surface area contributed by atoms with Crippen LogP contribution in [0, 0.1) is 0 Å². The summed E-state index contributed by atoms with van der Waals surface area (Å²) in [4.78, 5) is 12.7. The summed E-state index contributed by atoms with van der Waals surface area (Å²) < 4.78 is 0. The van der Waals surface area contributed by atoms with Crippen LogP contribution in [0.3, 0.4) is 0 Å². The van der Waals surface area contributed by atoms with E-state index in [2.05, 4.69) is 6.58 Å². The highest BCUT2D eigenvalue weighted by molar-refractivity contribution is 8.00. The van der Waals surface area contributed by atoms with Gasteiger partial charge in [0.05, 0.1) is 12.4 Å². The molecule has 0 aliphatic heterocycles. The van der Waals surface area contributed by atoms with Gasteiger partial charge in [0.25, 0.3) is 0 Å². The molecule has 0 saturated heterocycles. The second kappa shape index (κ2) is 7.18. The van der Waals surface area contributed by atoms with E-state index >= 15 is 0 Å². The zero-order valence-corrected chi connectivity index (χ0v) is 8.14. The molecule has 0 spiro atoms. The molecule has 70 valence electrons. The topological polar surface area (TPSA) is 40.5 Å². The maximum Gasteiger partial charge on any atom is 0.232 e. The Morgan fingerprint density at radius 3 is 2.92 bits per heavy atom. The van der Waals surface area contributed by atoms with Crippen LogP contribution in [0.4, 0.5) is 0 Å². The molecule has 0 aromatic rings. The average molecular weight is 189 g/mol. The summed E-state index contributed by atoms with van der Waals surface area (Å²) in [6.07, 6.45) is 1.77. The zero-order chi connectivity index (χ0) is 9.40. The third-order valence-corrected chi connectivity index (χ3v) is 2.24.